The van der Waals surface area contributed by atoms with Crippen molar-refractivity contribution in [3.8, 4) is 0 Å². The van der Waals surface area contributed by atoms with Crippen molar-refractivity contribution in [2.45, 2.75) is 76.5 Å². The Kier molecular flexibility index (Phi) is 4.97. The molecule has 0 amide bonds. The van der Waals surface area contributed by atoms with E-state index in [0.717, 1.165) is 10.8 Å². The summed E-state index contributed by atoms with van der Waals surface area (Å²) in [5.41, 5.74) is 2.45. The van der Waals surface area contributed by atoms with E-state index in [2.05, 4.69) is 71.1 Å². The summed E-state index contributed by atoms with van der Waals surface area (Å²) in [5, 5.41) is 4.48. The van der Waals surface area contributed by atoms with E-state index in [1.165, 1.54) is 37.7 Å². The molecule has 0 spiro atoms. The minimum absolute atomic E-state index is 0.0704. The zero-order chi connectivity index (χ0) is 19.0. The molecule has 2 aromatic heterocycles. The van der Waals surface area contributed by atoms with Crippen LogP contribution < -0.4 is 5.32 Å². The zero-order valence-corrected chi connectivity index (χ0v) is 17.4. The maximum absolute atomic E-state index is 5.84. The Bertz CT molecular complexity index is 786. The second-order valence-electron chi connectivity index (χ2n) is 8.85. The van der Waals surface area contributed by atoms with Crippen LogP contribution in [-0.2, 0) is 5.54 Å². The van der Waals surface area contributed by atoms with Crippen molar-refractivity contribution < 1.29 is 0 Å². The van der Waals surface area contributed by atoms with Gasteiger partial charge in [-0.3, -0.25) is 4.98 Å². The number of thiocarbonyl (C=S) groups is 1. The molecule has 2 aliphatic rings. The van der Waals surface area contributed by atoms with E-state index in [0.29, 0.717) is 6.04 Å². The fourth-order valence-corrected chi connectivity index (χ4v) is 4.87. The van der Waals surface area contributed by atoms with Crippen molar-refractivity contribution in [3.63, 3.8) is 0 Å². The number of nitrogens with zero attached hydrogens (tertiary/aromatic N) is 3. The molecule has 1 saturated carbocycles. The Morgan fingerprint density at radius 3 is 2.52 bits per heavy atom. The highest BCUT2D eigenvalue weighted by Crippen LogP contribution is 2.42. The molecule has 1 aliphatic heterocycles. The van der Waals surface area contributed by atoms with Crippen molar-refractivity contribution in [1.82, 2.24) is 19.8 Å². The highest BCUT2D eigenvalue weighted by atomic mass is 32.1. The third-order valence-corrected chi connectivity index (χ3v) is 6.26. The van der Waals surface area contributed by atoms with Gasteiger partial charge >= 0.3 is 0 Å². The molecular weight excluding hydrogens is 352 g/mol. The second kappa shape index (κ2) is 7.27. The zero-order valence-electron chi connectivity index (χ0n) is 16.6. The summed E-state index contributed by atoms with van der Waals surface area (Å²) in [5.74, 6) is 0. The second-order valence-corrected chi connectivity index (χ2v) is 9.24. The van der Waals surface area contributed by atoms with Gasteiger partial charge in [0.1, 0.15) is 0 Å². The number of hydrogen-bond acceptors (Lipinski definition) is 2. The molecule has 144 valence electrons. The van der Waals surface area contributed by atoms with E-state index < -0.39 is 0 Å². The largest absolute Gasteiger partial charge is 0.352 e. The van der Waals surface area contributed by atoms with E-state index in [-0.39, 0.29) is 17.6 Å². The number of rotatable bonds is 3. The van der Waals surface area contributed by atoms with Crippen LogP contribution in [0.5, 0.6) is 0 Å². The molecule has 2 fully saturated rings. The third-order valence-electron chi connectivity index (χ3n) is 5.94. The molecule has 1 saturated heterocycles. The van der Waals surface area contributed by atoms with Gasteiger partial charge < -0.3 is 14.8 Å². The monoisotopic (exact) mass is 382 g/mol. The van der Waals surface area contributed by atoms with Gasteiger partial charge in [-0.15, -0.1) is 0 Å². The van der Waals surface area contributed by atoms with Gasteiger partial charge in [0.2, 0.25) is 0 Å². The molecule has 4 rings (SSSR count). The molecule has 1 N–H and O–H groups in total. The quantitative estimate of drug-likeness (QED) is 0.762. The summed E-state index contributed by atoms with van der Waals surface area (Å²) in [6.07, 6.45) is 12.8. The number of nitrogens with one attached hydrogen (secondary N) is 1. The van der Waals surface area contributed by atoms with Crippen LogP contribution >= 0.6 is 12.2 Å². The molecule has 4 nitrogen and oxygen atoms in total. The van der Waals surface area contributed by atoms with Crippen LogP contribution in [0.15, 0.2) is 42.9 Å². The van der Waals surface area contributed by atoms with Gasteiger partial charge in [0, 0.05) is 30.2 Å². The summed E-state index contributed by atoms with van der Waals surface area (Å²) in [4.78, 5) is 7.13. The van der Waals surface area contributed by atoms with E-state index in [4.69, 9.17) is 12.2 Å². The summed E-state index contributed by atoms with van der Waals surface area (Å²) in [6, 6.07) is 9.22. The molecule has 5 heteroatoms. The highest BCUT2D eigenvalue weighted by Gasteiger charge is 2.43. The van der Waals surface area contributed by atoms with Crippen molar-refractivity contribution in [2.75, 3.05) is 0 Å². The molecule has 2 aromatic rings. The smallest absolute Gasteiger partial charge is 0.170 e. The lowest BCUT2D eigenvalue weighted by Crippen LogP contribution is -2.40. The van der Waals surface area contributed by atoms with Gasteiger partial charge in [0.25, 0.3) is 0 Å². The Labute approximate surface area is 168 Å². The summed E-state index contributed by atoms with van der Waals surface area (Å²) in [6.45, 7) is 6.72. The van der Waals surface area contributed by atoms with Gasteiger partial charge in [-0.25, -0.2) is 0 Å². The van der Waals surface area contributed by atoms with Crippen LogP contribution in [0, 0.1) is 0 Å². The molecule has 0 bridgehead atoms. The fraction of sp³-hybridized carbons (Fsp3) is 0.545. The lowest BCUT2D eigenvalue weighted by Gasteiger charge is -2.37. The molecule has 2 atom stereocenters. The maximum Gasteiger partial charge on any atom is 0.170 e. The van der Waals surface area contributed by atoms with Gasteiger partial charge in [0.05, 0.1) is 17.8 Å². The van der Waals surface area contributed by atoms with Crippen molar-refractivity contribution >= 4 is 17.3 Å². The number of aromatic nitrogens is 2. The molecule has 0 radical (unpaired) electrons. The van der Waals surface area contributed by atoms with Gasteiger partial charge in [0.15, 0.2) is 5.11 Å². The first-order chi connectivity index (χ1) is 12.9. The minimum atomic E-state index is 0.0704. The van der Waals surface area contributed by atoms with Gasteiger partial charge in [-0.1, -0.05) is 25.3 Å². The minimum Gasteiger partial charge on any atom is -0.352 e. The average molecular weight is 383 g/mol. The van der Waals surface area contributed by atoms with Crippen LogP contribution in [-0.4, -0.2) is 25.6 Å². The van der Waals surface area contributed by atoms with Gasteiger partial charge in [-0.2, -0.15) is 0 Å². The Balaban J connectivity index is 1.74. The van der Waals surface area contributed by atoms with Crippen molar-refractivity contribution in [3.05, 3.63) is 54.1 Å². The van der Waals surface area contributed by atoms with E-state index in [9.17, 15) is 0 Å². The molecule has 0 unspecified atom stereocenters. The predicted molar refractivity (Wildman–Crippen MR) is 114 cm³/mol. The maximum atomic E-state index is 5.84. The Hall–Kier alpha value is -1.88. The van der Waals surface area contributed by atoms with Crippen LogP contribution in [0.2, 0.25) is 0 Å². The highest BCUT2D eigenvalue weighted by molar-refractivity contribution is 7.80. The topological polar surface area (TPSA) is 33.1 Å². The van der Waals surface area contributed by atoms with Crippen molar-refractivity contribution in [2.24, 2.45) is 0 Å². The van der Waals surface area contributed by atoms with E-state index in [1.807, 2.05) is 12.3 Å². The lowest BCUT2D eigenvalue weighted by atomic mass is 9.91. The van der Waals surface area contributed by atoms with E-state index >= 15 is 0 Å². The van der Waals surface area contributed by atoms with Crippen molar-refractivity contribution in [1.29, 1.82) is 0 Å². The molecule has 0 aromatic carbocycles. The molecule has 3 heterocycles. The summed E-state index contributed by atoms with van der Waals surface area (Å²) in [7, 11) is 0. The fourth-order valence-electron chi connectivity index (χ4n) is 4.48. The third kappa shape index (κ3) is 3.62. The summed E-state index contributed by atoms with van der Waals surface area (Å²) < 4.78 is 2.30. The van der Waals surface area contributed by atoms with Crippen LogP contribution in [0.4, 0.5) is 0 Å². The van der Waals surface area contributed by atoms with Crippen LogP contribution in [0.25, 0.3) is 0 Å². The predicted octanol–water partition coefficient (Wildman–Crippen LogP) is 4.94. The van der Waals surface area contributed by atoms with Gasteiger partial charge in [-0.05, 0) is 69.6 Å². The Morgan fingerprint density at radius 1 is 1.11 bits per heavy atom. The lowest BCUT2D eigenvalue weighted by molar-refractivity contribution is 0.197. The normalized spacial score (nSPS) is 24.3. The first-order valence-corrected chi connectivity index (χ1v) is 10.5. The Morgan fingerprint density at radius 2 is 1.89 bits per heavy atom. The SMILES string of the molecule is CC(C)(C)n1ccc([C@H]2[C@H](c3ccccn3)NC(=S)N2C2CCCCC2)c1. The number of pyridine rings is 1. The van der Waals surface area contributed by atoms with Crippen LogP contribution in [0.1, 0.15) is 76.2 Å². The number of hydrogen-bond donors (Lipinski definition) is 1. The molecule has 27 heavy (non-hydrogen) atoms. The first kappa shape index (κ1) is 18.5. The van der Waals surface area contributed by atoms with Crippen LogP contribution in [0.3, 0.4) is 0 Å². The van der Waals surface area contributed by atoms with E-state index in [1.54, 1.807) is 0 Å². The average Bonchev–Trinajstić information content (AvgIpc) is 3.27. The molecular formula is C22H30N4S. The standard InChI is InChI=1S/C22H30N4S/c1-22(2,3)25-14-12-16(15-25)20-19(18-11-7-8-13-23-18)24-21(27)26(20)17-9-5-4-6-10-17/h7-8,11-15,17,19-20H,4-6,9-10H2,1-3H3,(H,24,27)/t19-,20-/m0/s1. The summed E-state index contributed by atoms with van der Waals surface area (Å²) >= 11 is 5.84. The molecule has 1 aliphatic carbocycles. The first-order valence-electron chi connectivity index (χ1n) is 10.1.